The summed E-state index contributed by atoms with van der Waals surface area (Å²) in [6.07, 6.45) is 14.3. The molecule has 6 heteroatoms. The molecule has 3 N–H and O–H groups in total. The van der Waals surface area contributed by atoms with Crippen LogP contribution in [0.5, 0.6) is 0 Å². The van der Waals surface area contributed by atoms with Crippen molar-refractivity contribution < 1.29 is 28.9 Å². The Morgan fingerprint density at radius 3 is 2.19 bits per heavy atom. The molecule has 148 valence electrons. The molecule has 0 spiro atoms. The number of hydrogen-bond donors (Lipinski definition) is 3. The van der Waals surface area contributed by atoms with E-state index in [1.165, 1.54) is 0 Å². The number of hydrogen-bond acceptors (Lipinski definition) is 3. The summed E-state index contributed by atoms with van der Waals surface area (Å²) in [5.41, 5.74) is 0. The van der Waals surface area contributed by atoms with E-state index in [9.17, 15) is 23.8 Å². The lowest BCUT2D eigenvalue weighted by Crippen LogP contribution is -2.08. The molecule has 0 rings (SSSR count). The van der Waals surface area contributed by atoms with Crippen LogP contribution >= 0.6 is 0 Å². The highest BCUT2D eigenvalue weighted by Crippen LogP contribution is 2.19. The van der Waals surface area contributed by atoms with Crippen molar-refractivity contribution >= 4 is 5.97 Å². The third-order valence-electron chi connectivity index (χ3n) is 3.42. The van der Waals surface area contributed by atoms with Crippen molar-refractivity contribution in [3.05, 3.63) is 48.6 Å². The zero-order valence-electron chi connectivity index (χ0n) is 15.2. The van der Waals surface area contributed by atoms with Gasteiger partial charge in [-0.3, -0.25) is 4.79 Å². The van der Waals surface area contributed by atoms with E-state index in [4.69, 9.17) is 5.11 Å². The Morgan fingerprint density at radius 1 is 1.00 bits per heavy atom. The van der Waals surface area contributed by atoms with Gasteiger partial charge >= 0.3 is 5.97 Å². The van der Waals surface area contributed by atoms with Gasteiger partial charge in [-0.1, -0.05) is 48.6 Å². The van der Waals surface area contributed by atoms with Gasteiger partial charge < -0.3 is 15.3 Å². The number of carbonyl (C=O) groups is 1. The normalized spacial score (nSPS) is 15.6. The van der Waals surface area contributed by atoms with Crippen LogP contribution in [0.25, 0.3) is 0 Å². The molecule has 26 heavy (non-hydrogen) atoms. The molecular formula is C20H30F2O4. The summed E-state index contributed by atoms with van der Waals surface area (Å²) in [5, 5.41) is 27.8. The first-order chi connectivity index (χ1) is 12.2. The van der Waals surface area contributed by atoms with Crippen molar-refractivity contribution in [2.75, 3.05) is 0 Å². The van der Waals surface area contributed by atoms with Crippen molar-refractivity contribution in [2.45, 2.75) is 70.0 Å². The summed E-state index contributed by atoms with van der Waals surface area (Å²) in [5.74, 6) is -3.49. The zero-order chi connectivity index (χ0) is 19.8. The molecule has 0 aromatic heterocycles. The van der Waals surface area contributed by atoms with E-state index in [0.717, 1.165) is 6.92 Å². The van der Waals surface area contributed by atoms with Gasteiger partial charge in [0, 0.05) is 12.8 Å². The predicted molar refractivity (Wildman–Crippen MR) is 99.1 cm³/mol. The second kappa shape index (κ2) is 14.4. The van der Waals surface area contributed by atoms with Gasteiger partial charge in [-0.25, -0.2) is 8.78 Å². The first-order valence-corrected chi connectivity index (χ1v) is 8.83. The number of aliphatic carboxylic acids is 1. The van der Waals surface area contributed by atoms with E-state index in [1.807, 2.05) is 0 Å². The maximum absolute atomic E-state index is 12.6. The van der Waals surface area contributed by atoms with Crippen LogP contribution in [-0.2, 0) is 4.79 Å². The lowest BCUT2D eigenvalue weighted by atomic mass is 10.1. The molecule has 4 nitrogen and oxygen atoms in total. The number of unbranched alkanes of at least 4 members (excludes halogenated alkanes) is 1. The van der Waals surface area contributed by atoms with Gasteiger partial charge in [-0.15, -0.1) is 0 Å². The molecule has 0 aliphatic heterocycles. The molecule has 0 amide bonds. The van der Waals surface area contributed by atoms with Gasteiger partial charge in [0.05, 0.1) is 12.2 Å². The Kier molecular flexibility index (Phi) is 13.4. The Balaban J connectivity index is 3.86. The van der Waals surface area contributed by atoms with Gasteiger partial charge in [0.2, 0.25) is 5.92 Å². The van der Waals surface area contributed by atoms with Crippen LogP contribution in [0.4, 0.5) is 8.78 Å². The van der Waals surface area contributed by atoms with E-state index < -0.39 is 24.1 Å². The largest absolute Gasteiger partial charge is 0.481 e. The third-order valence-corrected chi connectivity index (χ3v) is 3.42. The smallest absolute Gasteiger partial charge is 0.303 e. The lowest BCUT2D eigenvalue weighted by Gasteiger charge is -2.07. The van der Waals surface area contributed by atoms with E-state index in [0.29, 0.717) is 32.1 Å². The number of halogens is 2. The second-order valence-corrected chi connectivity index (χ2v) is 6.24. The van der Waals surface area contributed by atoms with Crippen molar-refractivity contribution in [3.63, 3.8) is 0 Å². The topological polar surface area (TPSA) is 77.8 Å². The van der Waals surface area contributed by atoms with Crippen molar-refractivity contribution in [1.82, 2.24) is 0 Å². The minimum atomic E-state index is -2.62. The number of alkyl halides is 2. The summed E-state index contributed by atoms with van der Waals surface area (Å²) >= 11 is 0. The molecule has 0 heterocycles. The number of allylic oxidation sites excluding steroid dienone is 5. The van der Waals surface area contributed by atoms with Crippen LogP contribution in [-0.4, -0.2) is 39.4 Å². The summed E-state index contributed by atoms with van der Waals surface area (Å²) < 4.78 is 25.2. The Labute approximate surface area is 154 Å². The van der Waals surface area contributed by atoms with Crippen LogP contribution in [0.2, 0.25) is 0 Å². The predicted octanol–water partition coefficient (Wildman–Crippen LogP) is 4.40. The Hall–Kier alpha value is -1.79. The highest BCUT2D eigenvalue weighted by Gasteiger charge is 2.19. The highest BCUT2D eigenvalue weighted by molar-refractivity contribution is 5.66. The number of carboxylic acid groups (broad SMARTS) is 1. The molecule has 0 radical (unpaired) electrons. The standard InChI is InChI=1S/C20H30F2O4/c1-20(21,22)16-9-5-4-8-12-17(23)11-6-2-3-7-13-18(24)14-10-15-19(25)26/h2-4,6-8,11,13,17-18,23-24H,5,9-10,12,14-16H2,1H3,(H,25,26)/b3-2+,8-4-,11-6+,13-7-/t17-,18+/m0/s1. The molecule has 2 atom stereocenters. The molecule has 0 aliphatic rings. The molecule has 0 aromatic rings. The molecule has 0 saturated carbocycles. The number of rotatable bonds is 14. The van der Waals surface area contributed by atoms with Gasteiger partial charge in [0.1, 0.15) is 0 Å². The van der Waals surface area contributed by atoms with Gasteiger partial charge in [-0.2, -0.15) is 0 Å². The van der Waals surface area contributed by atoms with Gasteiger partial charge in [0.25, 0.3) is 0 Å². The van der Waals surface area contributed by atoms with Crippen LogP contribution in [0.3, 0.4) is 0 Å². The molecule has 0 saturated heterocycles. The van der Waals surface area contributed by atoms with Crippen molar-refractivity contribution in [2.24, 2.45) is 0 Å². The maximum atomic E-state index is 12.6. The minimum Gasteiger partial charge on any atom is -0.481 e. The Bertz CT molecular complexity index is 491. The molecular weight excluding hydrogens is 342 g/mol. The summed E-state index contributed by atoms with van der Waals surface area (Å²) in [6, 6.07) is 0. The number of aliphatic hydroxyl groups is 2. The molecule has 0 fully saturated rings. The monoisotopic (exact) mass is 372 g/mol. The molecule has 0 bridgehead atoms. The van der Waals surface area contributed by atoms with E-state index >= 15 is 0 Å². The van der Waals surface area contributed by atoms with Crippen LogP contribution in [0.15, 0.2) is 48.6 Å². The first-order valence-electron chi connectivity index (χ1n) is 8.83. The van der Waals surface area contributed by atoms with Gasteiger partial charge in [0.15, 0.2) is 0 Å². The highest BCUT2D eigenvalue weighted by atomic mass is 19.3. The molecule has 0 unspecified atom stereocenters. The van der Waals surface area contributed by atoms with E-state index in [-0.39, 0.29) is 12.8 Å². The lowest BCUT2D eigenvalue weighted by molar-refractivity contribution is -0.137. The average Bonchev–Trinajstić information content (AvgIpc) is 2.52. The quantitative estimate of drug-likeness (QED) is 0.240. The SMILES string of the molecule is CC(F)(F)CCC/C=C\C[C@@H](O)/C=C/C=C/C=C\[C@@H](O)CCCC(=O)O. The first kappa shape index (κ1) is 24.2. The second-order valence-electron chi connectivity index (χ2n) is 6.24. The van der Waals surface area contributed by atoms with E-state index in [2.05, 4.69) is 0 Å². The fourth-order valence-electron chi connectivity index (χ4n) is 2.03. The third kappa shape index (κ3) is 18.5. The minimum absolute atomic E-state index is 0.0426. The van der Waals surface area contributed by atoms with Crippen LogP contribution in [0, 0.1) is 0 Å². The Morgan fingerprint density at radius 2 is 1.62 bits per heavy atom. The number of aliphatic hydroxyl groups excluding tert-OH is 2. The summed E-state index contributed by atoms with van der Waals surface area (Å²) in [4.78, 5) is 10.3. The van der Waals surface area contributed by atoms with Crippen molar-refractivity contribution in [1.29, 1.82) is 0 Å². The fourth-order valence-corrected chi connectivity index (χ4v) is 2.03. The van der Waals surface area contributed by atoms with Crippen LogP contribution < -0.4 is 0 Å². The number of carboxylic acids is 1. The summed E-state index contributed by atoms with van der Waals surface area (Å²) in [6.45, 7) is 0.911. The van der Waals surface area contributed by atoms with E-state index in [1.54, 1.807) is 48.6 Å². The van der Waals surface area contributed by atoms with Gasteiger partial charge in [-0.05, 0) is 39.0 Å². The maximum Gasteiger partial charge on any atom is 0.303 e. The summed E-state index contributed by atoms with van der Waals surface area (Å²) in [7, 11) is 0. The average molecular weight is 372 g/mol. The van der Waals surface area contributed by atoms with Crippen molar-refractivity contribution in [3.8, 4) is 0 Å². The fraction of sp³-hybridized carbons (Fsp3) is 0.550. The molecule has 0 aromatic carbocycles. The van der Waals surface area contributed by atoms with Crippen LogP contribution in [0.1, 0.15) is 51.9 Å². The zero-order valence-corrected chi connectivity index (χ0v) is 15.2. The molecule has 0 aliphatic carbocycles.